The summed E-state index contributed by atoms with van der Waals surface area (Å²) >= 11 is 0. The van der Waals surface area contributed by atoms with E-state index < -0.39 is 5.60 Å². The first kappa shape index (κ1) is 12.3. The fourth-order valence-corrected chi connectivity index (χ4v) is 3.50. The lowest BCUT2D eigenvalue weighted by Crippen LogP contribution is -2.52. The van der Waals surface area contributed by atoms with Crippen LogP contribution < -0.4 is 0 Å². The molecule has 1 aliphatic heterocycles. The standard InChI is InChI=1S/C13H24O3/c1-11(2)3-4-13(15,9-11)12(10-14)5-7-16-8-6-12/h14-15H,3-10H2,1-2H3. The monoisotopic (exact) mass is 228 g/mol. The van der Waals surface area contributed by atoms with Crippen LogP contribution in [0, 0.1) is 10.8 Å². The number of rotatable bonds is 2. The number of aliphatic hydroxyl groups is 2. The van der Waals surface area contributed by atoms with E-state index in [1.807, 2.05) is 0 Å². The Kier molecular flexibility index (Phi) is 3.06. The zero-order valence-electron chi connectivity index (χ0n) is 10.5. The summed E-state index contributed by atoms with van der Waals surface area (Å²) in [6.45, 7) is 5.83. The Hall–Kier alpha value is -0.120. The number of hydrogen-bond donors (Lipinski definition) is 2. The summed E-state index contributed by atoms with van der Waals surface area (Å²) in [5.41, 5.74) is -0.802. The molecule has 3 nitrogen and oxygen atoms in total. The summed E-state index contributed by atoms with van der Waals surface area (Å²) in [4.78, 5) is 0. The minimum atomic E-state index is -0.685. The Morgan fingerprint density at radius 2 is 1.69 bits per heavy atom. The van der Waals surface area contributed by atoms with Gasteiger partial charge in [-0.2, -0.15) is 0 Å². The van der Waals surface area contributed by atoms with Crippen LogP contribution in [-0.2, 0) is 4.74 Å². The average molecular weight is 228 g/mol. The van der Waals surface area contributed by atoms with Gasteiger partial charge in [0, 0.05) is 18.6 Å². The maximum Gasteiger partial charge on any atom is 0.0732 e. The summed E-state index contributed by atoms with van der Waals surface area (Å²) < 4.78 is 5.36. The van der Waals surface area contributed by atoms with Crippen LogP contribution in [0.2, 0.25) is 0 Å². The highest BCUT2D eigenvalue weighted by Crippen LogP contribution is 2.54. The molecule has 3 heteroatoms. The third-order valence-electron chi connectivity index (χ3n) is 4.73. The maximum atomic E-state index is 10.9. The Balaban J connectivity index is 2.20. The molecule has 0 bridgehead atoms. The van der Waals surface area contributed by atoms with E-state index in [-0.39, 0.29) is 17.4 Å². The minimum absolute atomic E-state index is 0.0862. The summed E-state index contributed by atoms with van der Waals surface area (Å²) in [6.07, 6.45) is 4.25. The number of ether oxygens (including phenoxy) is 1. The molecule has 2 aliphatic rings. The second-order valence-electron chi connectivity index (χ2n) is 6.42. The molecule has 1 atom stereocenters. The molecule has 2 rings (SSSR count). The lowest BCUT2D eigenvalue weighted by atomic mass is 9.65. The number of hydrogen-bond acceptors (Lipinski definition) is 3. The SMILES string of the molecule is CC1(C)CCC(O)(C2(CO)CCOCC2)C1. The van der Waals surface area contributed by atoms with E-state index in [0.29, 0.717) is 13.2 Å². The highest BCUT2D eigenvalue weighted by Gasteiger charge is 2.55. The third-order valence-corrected chi connectivity index (χ3v) is 4.73. The van der Waals surface area contributed by atoms with Crippen LogP contribution in [0.3, 0.4) is 0 Å². The van der Waals surface area contributed by atoms with E-state index in [1.165, 1.54) is 0 Å². The van der Waals surface area contributed by atoms with Crippen molar-refractivity contribution in [3.8, 4) is 0 Å². The smallest absolute Gasteiger partial charge is 0.0732 e. The average Bonchev–Trinajstić information content (AvgIpc) is 2.55. The van der Waals surface area contributed by atoms with Crippen LogP contribution in [-0.4, -0.2) is 35.6 Å². The van der Waals surface area contributed by atoms with Gasteiger partial charge in [-0.05, 0) is 37.5 Å². The zero-order valence-corrected chi connectivity index (χ0v) is 10.5. The molecule has 2 fully saturated rings. The predicted octanol–water partition coefficient (Wildman–Crippen LogP) is 1.72. The molecule has 0 aromatic rings. The summed E-state index contributed by atoms with van der Waals surface area (Å²) in [6, 6.07) is 0. The van der Waals surface area contributed by atoms with Gasteiger partial charge in [0.2, 0.25) is 0 Å². The van der Waals surface area contributed by atoms with E-state index in [4.69, 9.17) is 4.74 Å². The van der Waals surface area contributed by atoms with Gasteiger partial charge in [0.1, 0.15) is 0 Å². The van der Waals surface area contributed by atoms with Crippen LogP contribution in [0.4, 0.5) is 0 Å². The van der Waals surface area contributed by atoms with E-state index in [9.17, 15) is 10.2 Å². The molecule has 1 saturated heterocycles. The van der Waals surface area contributed by atoms with Crippen molar-refractivity contribution in [2.45, 2.75) is 51.6 Å². The fourth-order valence-electron chi connectivity index (χ4n) is 3.50. The maximum absolute atomic E-state index is 10.9. The molecule has 0 aromatic heterocycles. The molecule has 1 unspecified atom stereocenters. The highest BCUT2D eigenvalue weighted by atomic mass is 16.5. The second-order valence-corrected chi connectivity index (χ2v) is 6.42. The number of aliphatic hydroxyl groups excluding tert-OH is 1. The molecule has 1 heterocycles. The van der Waals surface area contributed by atoms with Gasteiger partial charge >= 0.3 is 0 Å². The fraction of sp³-hybridized carbons (Fsp3) is 1.00. The van der Waals surface area contributed by atoms with Crippen LogP contribution in [0.1, 0.15) is 46.0 Å². The van der Waals surface area contributed by atoms with Crippen molar-refractivity contribution in [2.24, 2.45) is 10.8 Å². The lowest BCUT2D eigenvalue weighted by Gasteiger charge is -2.47. The Bertz CT molecular complexity index is 256. The van der Waals surface area contributed by atoms with Gasteiger partial charge < -0.3 is 14.9 Å². The molecular formula is C13H24O3. The van der Waals surface area contributed by atoms with Gasteiger partial charge in [0.15, 0.2) is 0 Å². The molecule has 0 radical (unpaired) electrons. The van der Waals surface area contributed by atoms with Gasteiger partial charge in [-0.25, -0.2) is 0 Å². The molecule has 2 N–H and O–H groups in total. The second kappa shape index (κ2) is 3.97. The Morgan fingerprint density at radius 1 is 1.06 bits per heavy atom. The van der Waals surface area contributed by atoms with Gasteiger partial charge in [0.25, 0.3) is 0 Å². The minimum Gasteiger partial charge on any atom is -0.396 e. The Labute approximate surface area is 97.8 Å². The van der Waals surface area contributed by atoms with E-state index >= 15 is 0 Å². The summed E-state index contributed by atoms with van der Waals surface area (Å²) in [5, 5.41) is 20.6. The van der Waals surface area contributed by atoms with E-state index in [2.05, 4.69) is 13.8 Å². The normalized spacial score (nSPS) is 37.5. The van der Waals surface area contributed by atoms with Crippen molar-refractivity contribution < 1.29 is 14.9 Å². The molecule has 1 saturated carbocycles. The summed E-state index contributed by atoms with van der Waals surface area (Å²) in [5.74, 6) is 0. The van der Waals surface area contributed by atoms with Crippen molar-refractivity contribution in [2.75, 3.05) is 19.8 Å². The van der Waals surface area contributed by atoms with Gasteiger partial charge in [-0.3, -0.25) is 0 Å². The topological polar surface area (TPSA) is 49.7 Å². The molecule has 1 aliphatic carbocycles. The molecule has 0 spiro atoms. The van der Waals surface area contributed by atoms with Crippen LogP contribution >= 0.6 is 0 Å². The van der Waals surface area contributed by atoms with Crippen molar-refractivity contribution in [1.29, 1.82) is 0 Å². The van der Waals surface area contributed by atoms with Gasteiger partial charge in [-0.1, -0.05) is 13.8 Å². The predicted molar refractivity (Wildman–Crippen MR) is 62.2 cm³/mol. The van der Waals surface area contributed by atoms with E-state index in [0.717, 1.165) is 32.1 Å². The van der Waals surface area contributed by atoms with Crippen LogP contribution in [0.25, 0.3) is 0 Å². The molecule has 0 amide bonds. The van der Waals surface area contributed by atoms with Crippen molar-refractivity contribution in [3.63, 3.8) is 0 Å². The molecular weight excluding hydrogens is 204 g/mol. The zero-order chi connectivity index (χ0) is 11.9. The first-order valence-corrected chi connectivity index (χ1v) is 6.34. The lowest BCUT2D eigenvalue weighted by molar-refractivity contribution is -0.153. The van der Waals surface area contributed by atoms with Crippen LogP contribution in [0.15, 0.2) is 0 Å². The molecule has 94 valence electrons. The third kappa shape index (κ3) is 1.89. The van der Waals surface area contributed by atoms with Gasteiger partial charge in [0.05, 0.1) is 12.2 Å². The largest absolute Gasteiger partial charge is 0.396 e. The highest BCUT2D eigenvalue weighted by molar-refractivity contribution is 5.06. The molecule has 16 heavy (non-hydrogen) atoms. The Morgan fingerprint density at radius 3 is 2.12 bits per heavy atom. The van der Waals surface area contributed by atoms with Gasteiger partial charge in [-0.15, -0.1) is 0 Å². The van der Waals surface area contributed by atoms with E-state index in [1.54, 1.807) is 0 Å². The summed E-state index contributed by atoms with van der Waals surface area (Å²) in [7, 11) is 0. The first-order chi connectivity index (χ1) is 7.43. The van der Waals surface area contributed by atoms with Crippen molar-refractivity contribution >= 4 is 0 Å². The first-order valence-electron chi connectivity index (χ1n) is 6.34. The van der Waals surface area contributed by atoms with Crippen molar-refractivity contribution in [3.05, 3.63) is 0 Å². The molecule has 0 aromatic carbocycles. The van der Waals surface area contributed by atoms with Crippen molar-refractivity contribution in [1.82, 2.24) is 0 Å². The van der Waals surface area contributed by atoms with Crippen LogP contribution in [0.5, 0.6) is 0 Å². The quantitative estimate of drug-likeness (QED) is 0.756.